The molecule has 1 N–H and O–H groups in total. The van der Waals surface area contributed by atoms with E-state index in [0.29, 0.717) is 11.7 Å². The minimum absolute atomic E-state index is 0.134. The van der Waals surface area contributed by atoms with Gasteiger partial charge in [-0.05, 0) is 55.9 Å². The SMILES string of the molecule is CC1CCN(c2nnc(SCC(=O)Nc3ccc(F)cc3)n2C2CC2)CC1. The van der Waals surface area contributed by atoms with Gasteiger partial charge in [0.1, 0.15) is 5.82 Å². The Hall–Kier alpha value is -2.09. The number of carbonyl (C=O) groups is 1. The molecule has 1 aromatic carbocycles. The molecule has 0 bridgehead atoms. The Morgan fingerprint density at radius 2 is 1.89 bits per heavy atom. The standard InChI is InChI=1S/C19H24FN5OS/c1-13-8-10-24(11-9-13)18-22-23-19(25(18)16-6-7-16)27-12-17(26)21-15-4-2-14(20)3-5-15/h2-5,13,16H,6-12H2,1H3,(H,21,26). The lowest BCUT2D eigenvalue weighted by molar-refractivity contribution is -0.113. The van der Waals surface area contributed by atoms with E-state index in [4.69, 9.17) is 0 Å². The van der Waals surface area contributed by atoms with Crippen LogP contribution in [0.4, 0.5) is 16.0 Å². The van der Waals surface area contributed by atoms with Gasteiger partial charge in [0.15, 0.2) is 5.16 Å². The van der Waals surface area contributed by atoms with Crippen LogP contribution < -0.4 is 10.2 Å². The van der Waals surface area contributed by atoms with E-state index in [2.05, 4.69) is 31.9 Å². The van der Waals surface area contributed by atoms with Crippen molar-refractivity contribution in [1.29, 1.82) is 0 Å². The summed E-state index contributed by atoms with van der Waals surface area (Å²) in [5, 5.41) is 12.4. The molecule has 1 aliphatic heterocycles. The largest absolute Gasteiger partial charge is 0.341 e. The Morgan fingerprint density at radius 1 is 1.19 bits per heavy atom. The second-order valence-electron chi connectivity index (χ2n) is 7.40. The van der Waals surface area contributed by atoms with Crippen LogP contribution in [0.1, 0.15) is 38.6 Å². The number of anilines is 2. The summed E-state index contributed by atoms with van der Waals surface area (Å²) < 4.78 is 15.2. The lowest BCUT2D eigenvalue weighted by atomic mass is 10.00. The van der Waals surface area contributed by atoms with Gasteiger partial charge in [0.25, 0.3) is 0 Å². The van der Waals surface area contributed by atoms with E-state index < -0.39 is 0 Å². The van der Waals surface area contributed by atoms with Gasteiger partial charge in [0.05, 0.1) is 5.75 Å². The summed E-state index contributed by atoms with van der Waals surface area (Å²) in [6.45, 7) is 4.33. The van der Waals surface area contributed by atoms with E-state index in [1.165, 1.54) is 36.7 Å². The van der Waals surface area contributed by atoms with E-state index in [1.54, 1.807) is 12.1 Å². The molecule has 2 aromatic rings. The monoisotopic (exact) mass is 389 g/mol. The van der Waals surface area contributed by atoms with E-state index in [0.717, 1.165) is 43.0 Å². The van der Waals surface area contributed by atoms with Gasteiger partial charge in [-0.3, -0.25) is 9.36 Å². The predicted molar refractivity (Wildman–Crippen MR) is 105 cm³/mol. The molecule has 8 heteroatoms. The molecular formula is C19H24FN5OS. The normalized spacial score (nSPS) is 17.9. The Morgan fingerprint density at radius 3 is 2.56 bits per heavy atom. The smallest absolute Gasteiger partial charge is 0.234 e. The number of aromatic nitrogens is 3. The molecular weight excluding hydrogens is 365 g/mol. The molecule has 0 radical (unpaired) electrons. The number of nitrogens with one attached hydrogen (secondary N) is 1. The van der Waals surface area contributed by atoms with Crippen LogP contribution in [-0.4, -0.2) is 39.5 Å². The molecule has 0 spiro atoms. The van der Waals surface area contributed by atoms with Crippen molar-refractivity contribution in [2.24, 2.45) is 5.92 Å². The van der Waals surface area contributed by atoms with Gasteiger partial charge in [-0.1, -0.05) is 18.7 Å². The fourth-order valence-electron chi connectivity index (χ4n) is 3.30. The van der Waals surface area contributed by atoms with Crippen LogP contribution in [0, 0.1) is 11.7 Å². The van der Waals surface area contributed by atoms with Crippen molar-refractivity contribution in [1.82, 2.24) is 14.8 Å². The number of halogens is 1. The zero-order valence-corrected chi connectivity index (χ0v) is 16.2. The second-order valence-corrected chi connectivity index (χ2v) is 8.34. The van der Waals surface area contributed by atoms with Crippen LogP contribution in [0.3, 0.4) is 0 Å². The highest BCUT2D eigenvalue weighted by atomic mass is 32.2. The molecule has 1 aromatic heterocycles. The van der Waals surface area contributed by atoms with Crippen molar-refractivity contribution in [3.63, 3.8) is 0 Å². The summed E-state index contributed by atoms with van der Waals surface area (Å²) in [6, 6.07) is 6.23. The van der Waals surface area contributed by atoms with Crippen molar-refractivity contribution in [3.8, 4) is 0 Å². The number of hydrogen-bond donors (Lipinski definition) is 1. The molecule has 4 rings (SSSR count). The van der Waals surface area contributed by atoms with E-state index in [9.17, 15) is 9.18 Å². The van der Waals surface area contributed by atoms with Gasteiger partial charge in [-0.25, -0.2) is 4.39 Å². The number of rotatable bonds is 6. The topological polar surface area (TPSA) is 63.1 Å². The van der Waals surface area contributed by atoms with Crippen molar-refractivity contribution >= 4 is 29.3 Å². The molecule has 1 saturated carbocycles. The van der Waals surface area contributed by atoms with Gasteiger partial charge in [0, 0.05) is 24.8 Å². The molecule has 2 heterocycles. The van der Waals surface area contributed by atoms with Gasteiger partial charge < -0.3 is 10.2 Å². The maximum absolute atomic E-state index is 13.0. The molecule has 1 aliphatic carbocycles. The maximum atomic E-state index is 13.0. The van der Waals surface area contributed by atoms with Crippen molar-refractivity contribution < 1.29 is 9.18 Å². The number of piperidine rings is 1. The molecule has 144 valence electrons. The zero-order valence-electron chi connectivity index (χ0n) is 15.4. The fourth-order valence-corrected chi connectivity index (χ4v) is 4.11. The summed E-state index contributed by atoms with van der Waals surface area (Å²) in [5.74, 6) is 1.51. The molecule has 2 aliphatic rings. The second kappa shape index (κ2) is 7.88. The summed E-state index contributed by atoms with van der Waals surface area (Å²) in [5.41, 5.74) is 0.591. The molecule has 2 fully saturated rings. The minimum Gasteiger partial charge on any atom is -0.341 e. The van der Waals surface area contributed by atoms with Crippen LogP contribution in [0.5, 0.6) is 0 Å². The molecule has 0 atom stereocenters. The first-order chi connectivity index (χ1) is 13.1. The lowest BCUT2D eigenvalue weighted by Gasteiger charge is -2.31. The first-order valence-corrected chi connectivity index (χ1v) is 10.5. The third-order valence-electron chi connectivity index (χ3n) is 5.09. The van der Waals surface area contributed by atoms with Gasteiger partial charge >= 0.3 is 0 Å². The molecule has 0 unspecified atom stereocenters. The quantitative estimate of drug-likeness (QED) is 0.763. The Kier molecular flexibility index (Phi) is 5.33. The predicted octanol–water partition coefficient (Wildman–Crippen LogP) is 3.72. The van der Waals surface area contributed by atoms with Crippen LogP contribution >= 0.6 is 11.8 Å². The van der Waals surface area contributed by atoms with Gasteiger partial charge in [-0.2, -0.15) is 0 Å². The first-order valence-electron chi connectivity index (χ1n) is 9.48. The number of carbonyl (C=O) groups excluding carboxylic acids is 1. The Bertz CT molecular complexity index is 797. The zero-order chi connectivity index (χ0) is 18.8. The Balaban J connectivity index is 1.40. The summed E-state index contributed by atoms with van der Waals surface area (Å²) >= 11 is 1.41. The van der Waals surface area contributed by atoms with Gasteiger partial charge in [0.2, 0.25) is 11.9 Å². The van der Waals surface area contributed by atoms with Crippen molar-refractivity contribution in [3.05, 3.63) is 30.1 Å². The third-order valence-corrected chi connectivity index (χ3v) is 6.03. The summed E-state index contributed by atoms with van der Waals surface area (Å²) in [7, 11) is 0. The molecule has 1 amide bonds. The average molecular weight is 390 g/mol. The minimum atomic E-state index is -0.320. The van der Waals surface area contributed by atoms with E-state index in [-0.39, 0.29) is 17.5 Å². The fraction of sp³-hybridized carbons (Fsp3) is 0.526. The summed E-state index contributed by atoms with van der Waals surface area (Å²) in [6.07, 6.45) is 4.65. The number of thioether (sulfide) groups is 1. The van der Waals surface area contributed by atoms with Crippen LogP contribution in [0.15, 0.2) is 29.4 Å². The average Bonchev–Trinajstić information content (AvgIpc) is 3.42. The van der Waals surface area contributed by atoms with Crippen LogP contribution in [0.25, 0.3) is 0 Å². The number of nitrogens with zero attached hydrogens (tertiary/aromatic N) is 4. The maximum Gasteiger partial charge on any atom is 0.234 e. The highest BCUT2D eigenvalue weighted by Gasteiger charge is 2.32. The summed E-state index contributed by atoms with van der Waals surface area (Å²) in [4.78, 5) is 14.5. The lowest BCUT2D eigenvalue weighted by Crippen LogP contribution is -2.34. The highest BCUT2D eigenvalue weighted by Crippen LogP contribution is 2.41. The van der Waals surface area contributed by atoms with Crippen LogP contribution in [-0.2, 0) is 4.79 Å². The van der Waals surface area contributed by atoms with Crippen LogP contribution in [0.2, 0.25) is 0 Å². The van der Waals surface area contributed by atoms with E-state index in [1.807, 2.05) is 0 Å². The first kappa shape index (κ1) is 18.3. The molecule has 1 saturated heterocycles. The number of benzene rings is 1. The highest BCUT2D eigenvalue weighted by molar-refractivity contribution is 7.99. The molecule has 6 nitrogen and oxygen atoms in total. The van der Waals surface area contributed by atoms with Crippen molar-refractivity contribution in [2.45, 2.75) is 43.8 Å². The van der Waals surface area contributed by atoms with E-state index >= 15 is 0 Å². The Labute approximate surface area is 162 Å². The number of hydrogen-bond acceptors (Lipinski definition) is 5. The molecule has 27 heavy (non-hydrogen) atoms. The van der Waals surface area contributed by atoms with Crippen molar-refractivity contribution in [2.75, 3.05) is 29.1 Å². The van der Waals surface area contributed by atoms with Gasteiger partial charge in [-0.15, -0.1) is 10.2 Å². The number of amides is 1. The third kappa shape index (κ3) is 4.43.